The summed E-state index contributed by atoms with van der Waals surface area (Å²) >= 11 is 0. The second kappa shape index (κ2) is 4.26. The molecule has 3 rings (SSSR count). The van der Waals surface area contributed by atoms with Crippen LogP contribution in [0.4, 0.5) is 0 Å². The number of aromatic nitrogens is 2. The first kappa shape index (κ1) is 13.0. The van der Waals surface area contributed by atoms with E-state index >= 15 is 0 Å². The minimum Gasteiger partial charge on any atom is -0.425 e. The summed E-state index contributed by atoms with van der Waals surface area (Å²) < 4.78 is 36.3. The molecule has 0 unspecified atom stereocenters. The maximum atomic E-state index is 11.8. The fraction of sp³-hybridized carbons (Fsp3) is 0.818. The van der Waals surface area contributed by atoms with Crippen LogP contribution in [0.15, 0.2) is 4.42 Å². The van der Waals surface area contributed by atoms with Gasteiger partial charge in [-0.05, 0) is 12.8 Å². The van der Waals surface area contributed by atoms with Crippen LogP contribution in [0.5, 0.6) is 0 Å². The third kappa shape index (κ3) is 2.07. The summed E-state index contributed by atoms with van der Waals surface area (Å²) in [5.74, 6) is 0.993. The van der Waals surface area contributed by atoms with Crippen LogP contribution >= 0.6 is 0 Å². The van der Waals surface area contributed by atoms with Crippen LogP contribution in [0.2, 0.25) is 0 Å². The lowest BCUT2D eigenvalue weighted by Crippen LogP contribution is -2.54. The molecule has 0 saturated carbocycles. The summed E-state index contributed by atoms with van der Waals surface area (Å²) in [5.41, 5.74) is -0.484. The van der Waals surface area contributed by atoms with Crippen molar-refractivity contribution < 1.29 is 17.6 Å². The Labute approximate surface area is 112 Å². The van der Waals surface area contributed by atoms with Crippen molar-refractivity contribution in [2.45, 2.75) is 31.3 Å². The van der Waals surface area contributed by atoms with E-state index in [2.05, 4.69) is 10.2 Å². The van der Waals surface area contributed by atoms with Gasteiger partial charge in [-0.2, -0.15) is 0 Å². The number of ether oxygens (including phenoxy) is 1. The Balaban J connectivity index is 1.99. The zero-order chi connectivity index (χ0) is 13.7. The van der Waals surface area contributed by atoms with Crippen molar-refractivity contribution in [3.63, 3.8) is 0 Å². The highest BCUT2D eigenvalue weighted by Gasteiger charge is 2.54. The Hall–Kier alpha value is -0.990. The largest absolute Gasteiger partial charge is 0.425 e. The molecule has 0 aliphatic carbocycles. The Kier molecular flexibility index (Phi) is 2.91. The van der Waals surface area contributed by atoms with Gasteiger partial charge in [0.2, 0.25) is 21.8 Å². The van der Waals surface area contributed by atoms with E-state index in [1.165, 1.54) is 10.6 Å². The van der Waals surface area contributed by atoms with Crippen molar-refractivity contribution in [2.75, 3.05) is 26.0 Å². The fourth-order valence-corrected chi connectivity index (χ4v) is 3.89. The summed E-state index contributed by atoms with van der Waals surface area (Å²) in [6, 6.07) is 0. The first-order valence-corrected chi connectivity index (χ1v) is 8.14. The van der Waals surface area contributed by atoms with Gasteiger partial charge in [0, 0.05) is 26.6 Å². The number of fused-ring (bicyclic) bond motifs is 1. The molecule has 19 heavy (non-hydrogen) atoms. The summed E-state index contributed by atoms with van der Waals surface area (Å²) in [6.45, 7) is 3.18. The van der Waals surface area contributed by atoms with Gasteiger partial charge in [0.05, 0.1) is 17.8 Å². The average molecular weight is 287 g/mol. The maximum absolute atomic E-state index is 11.8. The monoisotopic (exact) mass is 287 g/mol. The van der Waals surface area contributed by atoms with E-state index in [1.54, 1.807) is 6.92 Å². The van der Waals surface area contributed by atoms with Gasteiger partial charge >= 0.3 is 0 Å². The first-order valence-electron chi connectivity index (χ1n) is 6.29. The van der Waals surface area contributed by atoms with Crippen molar-refractivity contribution in [1.29, 1.82) is 0 Å². The summed E-state index contributed by atoms with van der Waals surface area (Å²) in [4.78, 5) is 0. The van der Waals surface area contributed by atoms with Crippen molar-refractivity contribution >= 4 is 10.0 Å². The topological polar surface area (TPSA) is 85.5 Å². The molecule has 1 aromatic rings. The Morgan fingerprint density at radius 1 is 1.42 bits per heavy atom. The quantitative estimate of drug-likeness (QED) is 0.765. The van der Waals surface area contributed by atoms with Crippen LogP contribution < -0.4 is 0 Å². The van der Waals surface area contributed by atoms with Crippen LogP contribution in [0.3, 0.4) is 0 Å². The standard InChI is InChI=1S/C11H17N3O4S/c1-8-12-13-10(18-8)11-4-6-17-9(11)3-5-14(7-11)19(2,15)16/h9H,3-7H2,1-2H3/t9-,11-/m1/s1. The van der Waals surface area contributed by atoms with Gasteiger partial charge in [-0.1, -0.05) is 0 Å². The summed E-state index contributed by atoms with van der Waals surface area (Å²) in [6.07, 6.45) is 2.57. The zero-order valence-electron chi connectivity index (χ0n) is 11.0. The van der Waals surface area contributed by atoms with Crippen molar-refractivity contribution in [1.82, 2.24) is 14.5 Å². The third-order valence-electron chi connectivity index (χ3n) is 4.00. The lowest BCUT2D eigenvalue weighted by atomic mass is 9.77. The Bertz CT molecular complexity index is 585. The highest BCUT2D eigenvalue weighted by Crippen LogP contribution is 2.43. The number of hydrogen-bond donors (Lipinski definition) is 0. The van der Waals surface area contributed by atoms with E-state index < -0.39 is 15.4 Å². The summed E-state index contributed by atoms with van der Waals surface area (Å²) in [5, 5.41) is 7.97. The molecule has 2 fully saturated rings. The van der Waals surface area contributed by atoms with Crippen LogP contribution in [0.25, 0.3) is 0 Å². The molecular formula is C11H17N3O4S. The van der Waals surface area contributed by atoms with Gasteiger partial charge < -0.3 is 9.15 Å². The molecular weight excluding hydrogens is 270 g/mol. The van der Waals surface area contributed by atoms with E-state index in [1.807, 2.05) is 0 Å². The molecule has 2 aliphatic heterocycles. The van der Waals surface area contributed by atoms with Crippen LogP contribution in [-0.4, -0.2) is 55.0 Å². The van der Waals surface area contributed by atoms with Crippen molar-refractivity contribution in [3.8, 4) is 0 Å². The molecule has 0 radical (unpaired) electrons. The molecule has 106 valence electrons. The van der Waals surface area contributed by atoms with Gasteiger partial charge in [0.25, 0.3) is 0 Å². The molecule has 1 aromatic heterocycles. The van der Waals surface area contributed by atoms with E-state index in [4.69, 9.17) is 9.15 Å². The van der Waals surface area contributed by atoms with Gasteiger partial charge in [-0.25, -0.2) is 12.7 Å². The van der Waals surface area contributed by atoms with E-state index in [9.17, 15) is 8.42 Å². The fourth-order valence-electron chi connectivity index (χ4n) is 2.99. The van der Waals surface area contributed by atoms with E-state index in [-0.39, 0.29) is 6.10 Å². The molecule has 0 aromatic carbocycles. The average Bonchev–Trinajstić information content (AvgIpc) is 2.93. The zero-order valence-corrected chi connectivity index (χ0v) is 11.8. The minimum atomic E-state index is -3.22. The molecule has 0 bridgehead atoms. The third-order valence-corrected chi connectivity index (χ3v) is 5.25. The van der Waals surface area contributed by atoms with Gasteiger partial charge in [-0.15, -0.1) is 10.2 Å². The Morgan fingerprint density at radius 3 is 2.84 bits per heavy atom. The second-order valence-corrected chi connectivity index (χ2v) is 7.26. The number of hydrogen-bond acceptors (Lipinski definition) is 6. The first-order chi connectivity index (χ1) is 8.92. The molecule has 3 heterocycles. The molecule has 0 amide bonds. The lowest BCUT2D eigenvalue weighted by molar-refractivity contribution is 0.0296. The van der Waals surface area contributed by atoms with Crippen molar-refractivity contribution in [3.05, 3.63) is 11.8 Å². The SMILES string of the molecule is Cc1nnc([C@@]23CCO[C@@H]2CCN(S(C)(=O)=O)C3)o1. The number of rotatable bonds is 2. The minimum absolute atomic E-state index is 0.0367. The normalized spacial score (nSPS) is 32.4. The molecule has 0 spiro atoms. The molecule has 8 heteroatoms. The molecule has 2 saturated heterocycles. The maximum Gasteiger partial charge on any atom is 0.226 e. The van der Waals surface area contributed by atoms with Crippen molar-refractivity contribution in [2.24, 2.45) is 0 Å². The summed E-state index contributed by atoms with van der Waals surface area (Å²) in [7, 11) is -3.22. The lowest BCUT2D eigenvalue weighted by Gasteiger charge is -2.40. The predicted octanol–water partition coefficient (Wildman–Crippen LogP) is 0.0700. The van der Waals surface area contributed by atoms with Crippen LogP contribution in [0, 0.1) is 6.92 Å². The van der Waals surface area contributed by atoms with Gasteiger partial charge in [0.1, 0.15) is 0 Å². The molecule has 7 nitrogen and oxygen atoms in total. The number of nitrogens with zero attached hydrogens (tertiary/aromatic N) is 3. The predicted molar refractivity (Wildman–Crippen MR) is 66.1 cm³/mol. The van der Waals surface area contributed by atoms with Gasteiger partial charge in [-0.3, -0.25) is 0 Å². The van der Waals surface area contributed by atoms with Gasteiger partial charge in [0.15, 0.2) is 0 Å². The van der Waals surface area contributed by atoms with E-state index in [0.717, 1.165) is 0 Å². The van der Waals surface area contributed by atoms with Crippen LogP contribution in [-0.2, 0) is 20.2 Å². The number of aryl methyl sites for hydroxylation is 1. The van der Waals surface area contributed by atoms with Crippen LogP contribution in [0.1, 0.15) is 24.6 Å². The molecule has 2 atom stereocenters. The highest BCUT2D eigenvalue weighted by atomic mass is 32.2. The highest BCUT2D eigenvalue weighted by molar-refractivity contribution is 7.88. The number of sulfonamides is 1. The number of piperidine rings is 1. The molecule has 2 aliphatic rings. The Morgan fingerprint density at radius 2 is 2.21 bits per heavy atom. The second-order valence-electron chi connectivity index (χ2n) is 5.28. The van der Waals surface area contributed by atoms with E-state index in [0.29, 0.717) is 44.3 Å². The molecule has 0 N–H and O–H groups in total. The smallest absolute Gasteiger partial charge is 0.226 e.